The molecule has 1 aromatic rings. The minimum absolute atomic E-state index is 0. The van der Waals surface area contributed by atoms with Crippen molar-refractivity contribution >= 4 is 35.8 Å². The monoisotopic (exact) mass is 533 g/mol. The number of rotatable bonds is 6. The highest BCUT2D eigenvalue weighted by Gasteiger charge is 2.43. The summed E-state index contributed by atoms with van der Waals surface area (Å²) in [7, 11) is 0. The first-order valence-electron chi connectivity index (χ1n) is 10.6. The lowest BCUT2D eigenvalue weighted by Gasteiger charge is -2.36. The lowest BCUT2D eigenvalue weighted by Crippen LogP contribution is -2.54. The maximum absolute atomic E-state index is 14.0. The number of carbonyl (C=O) groups excluding carboxylic acids is 1. The third-order valence-electron chi connectivity index (χ3n) is 5.76. The molecule has 166 valence electrons. The van der Waals surface area contributed by atoms with Gasteiger partial charge in [-0.1, -0.05) is 6.07 Å². The average Bonchev–Trinajstić information content (AvgIpc) is 3.60. The molecule has 2 N–H and O–H groups in total. The van der Waals surface area contributed by atoms with Crippen LogP contribution in [-0.2, 0) is 4.79 Å². The molecule has 6 nitrogen and oxygen atoms in total. The van der Waals surface area contributed by atoms with Crippen molar-refractivity contribution in [2.75, 3.05) is 39.3 Å². The number of hydrogen-bond donors (Lipinski definition) is 2. The molecule has 30 heavy (non-hydrogen) atoms. The molecule has 1 aromatic carbocycles. The maximum atomic E-state index is 14.0. The van der Waals surface area contributed by atoms with Gasteiger partial charge in [0.15, 0.2) is 5.96 Å². The van der Waals surface area contributed by atoms with Crippen molar-refractivity contribution in [2.24, 2.45) is 4.99 Å². The zero-order valence-corrected chi connectivity index (χ0v) is 19.6. The number of nitrogens with one attached hydrogen (secondary N) is 2. The summed E-state index contributed by atoms with van der Waals surface area (Å²) in [5.41, 5.74) is 0.173. The summed E-state index contributed by atoms with van der Waals surface area (Å²) in [6.45, 7) is 6.17. The Labute approximate surface area is 193 Å². The molecular weight excluding hydrogens is 503 g/mol. The summed E-state index contributed by atoms with van der Waals surface area (Å²) in [5.74, 6) is -0.225. The van der Waals surface area contributed by atoms with Crippen molar-refractivity contribution in [3.05, 3.63) is 35.4 Å². The number of amides is 1. The minimum Gasteiger partial charge on any atom is -0.353 e. The SMILES string of the molecule is CCN=C(NC1CC1c1c(F)cccc1F)N1CCN(CC(=O)NC2CC2)CC1.I. The topological polar surface area (TPSA) is 60.0 Å². The Morgan fingerprint density at radius 1 is 1.13 bits per heavy atom. The second-order valence-electron chi connectivity index (χ2n) is 8.13. The van der Waals surface area contributed by atoms with Crippen molar-refractivity contribution in [2.45, 2.75) is 44.2 Å². The number of piperazine rings is 1. The quantitative estimate of drug-likeness (QED) is 0.335. The molecule has 2 atom stereocenters. The Balaban J connectivity index is 0.00000256. The molecule has 1 saturated heterocycles. The fourth-order valence-electron chi connectivity index (χ4n) is 3.91. The highest BCUT2D eigenvalue weighted by atomic mass is 127. The number of carbonyl (C=O) groups is 1. The van der Waals surface area contributed by atoms with Gasteiger partial charge in [-0.25, -0.2) is 8.78 Å². The van der Waals surface area contributed by atoms with E-state index < -0.39 is 11.6 Å². The minimum atomic E-state index is -0.480. The van der Waals surface area contributed by atoms with Crippen LogP contribution in [0.3, 0.4) is 0 Å². The van der Waals surface area contributed by atoms with Crippen LogP contribution in [0.2, 0.25) is 0 Å². The number of benzene rings is 1. The summed E-state index contributed by atoms with van der Waals surface area (Å²) in [4.78, 5) is 20.9. The van der Waals surface area contributed by atoms with E-state index in [-0.39, 0.29) is 47.4 Å². The van der Waals surface area contributed by atoms with Crippen LogP contribution in [-0.4, -0.2) is 73.0 Å². The Morgan fingerprint density at radius 2 is 1.80 bits per heavy atom. The molecule has 4 rings (SSSR count). The molecule has 0 bridgehead atoms. The Morgan fingerprint density at radius 3 is 2.40 bits per heavy atom. The van der Waals surface area contributed by atoms with Crippen molar-refractivity contribution in [1.29, 1.82) is 0 Å². The zero-order chi connectivity index (χ0) is 20.4. The Bertz CT molecular complexity index is 760. The van der Waals surface area contributed by atoms with Crippen molar-refractivity contribution < 1.29 is 13.6 Å². The molecule has 3 aliphatic rings. The summed E-state index contributed by atoms with van der Waals surface area (Å²) in [6, 6.07) is 4.41. The van der Waals surface area contributed by atoms with E-state index >= 15 is 0 Å². The normalized spacial score (nSPS) is 24.2. The van der Waals surface area contributed by atoms with Gasteiger partial charge in [0, 0.05) is 56.3 Å². The molecule has 3 fully saturated rings. The van der Waals surface area contributed by atoms with Gasteiger partial charge in [-0.2, -0.15) is 0 Å². The summed E-state index contributed by atoms with van der Waals surface area (Å²) in [5, 5.41) is 6.43. The van der Waals surface area contributed by atoms with E-state index in [2.05, 4.69) is 25.4 Å². The Hall–Kier alpha value is -1.49. The summed E-state index contributed by atoms with van der Waals surface area (Å²) in [6.07, 6.45) is 2.89. The van der Waals surface area contributed by atoms with E-state index in [4.69, 9.17) is 0 Å². The third-order valence-corrected chi connectivity index (χ3v) is 5.76. The predicted molar refractivity (Wildman–Crippen MR) is 123 cm³/mol. The molecule has 1 heterocycles. The molecule has 2 unspecified atom stereocenters. The van der Waals surface area contributed by atoms with Gasteiger partial charge in [0.2, 0.25) is 5.91 Å². The lowest BCUT2D eigenvalue weighted by atomic mass is 10.1. The second kappa shape index (κ2) is 10.2. The van der Waals surface area contributed by atoms with Gasteiger partial charge in [-0.3, -0.25) is 14.7 Å². The smallest absolute Gasteiger partial charge is 0.234 e. The molecule has 9 heteroatoms. The zero-order valence-electron chi connectivity index (χ0n) is 17.2. The number of aliphatic imine (C=N–C) groups is 1. The van der Waals surface area contributed by atoms with Gasteiger partial charge in [0.1, 0.15) is 11.6 Å². The van der Waals surface area contributed by atoms with Gasteiger partial charge >= 0.3 is 0 Å². The first-order chi connectivity index (χ1) is 14.0. The van der Waals surface area contributed by atoms with E-state index in [1.54, 1.807) is 0 Å². The van der Waals surface area contributed by atoms with Crippen molar-refractivity contribution in [3.8, 4) is 0 Å². The van der Waals surface area contributed by atoms with Crippen LogP contribution in [0.5, 0.6) is 0 Å². The second-order valence-corrected chi connectivity index (χ2v) is 8.13. The fourth-order valence-corrected chi connectivity index (χ4v) is 3.91. The molecule has 0 aromatic heterocycles. The molecular formula is C21H30F2IN5O. The number of nitrogens with zero attached hydrogens (tertiary/aromatic N) is 3. The standard InChI is InChI=1S/C21H29F2N5O.HI/c1-2-24-21(26-18-12-15(18)20-16(22)4-3-5-17(20)23)28-10-8-27(9-11-28)13-19(29)25-14-6-7-14;/h3-5,14-15,18H,2,6-13H2,1H3,(H,24,26)(H,25,29);1H. The number of guanidine groups is 1. The van der Waals surface area contributed by atoms with E-state index in [9.17, 15) is 13.6 Å². The maximum Gasteiger partial charge on any atom is 0.234 e. The van der Waals surface area contributed by atoms with Gasteiger partial charge in [-0.05, 0) is 38.3 Å². The van der Waals surface area contributed by atoms with Gasteiger partial charge < -0.3 is 15.5 Å². The van der Waals surface area contributed by atoms with Gasteiger partial charge in [-0.15, -0.1) is 24.0 Å². The van der Waals surface area contributed by atoms with Gasteiger partial charge in [0.25, 0.3) is 0 Å². The molecule has 1 aliphatic heterocycles. The van der Waals surface area contributed by atoms with E-state index in [1.807, 2.05) is 6.92 Å². The van der Waals surface area contributed by atoms with E-state index in [0.717, 1.165) is 45.0 Å². The van der Waals surface area contributed by atoms with Crippen molar-refractivity contribution in [3.63, 3.8) is 0 Å². The highest BCUT2D eigenvalue weighted by Crippen LogP contribution is 2.43. The molecule has 2 aliphatic carbocycles. The summed E-state index contributed by atoms with van der Waals surface area (Å²) >= 11 is 0. The number of hydrogen-bond acceptors (Lipinski definition) is 3. The fraction of sp³-hybridized carbons (Fsp3) is 0.619. The molecule has 0 radical (unpaired) electrons. The summed E-state index contributed by atoms with van der Waals surface area (Å²) < 4.78 is 28.1. The molecule has 2 saturated carbocycles. The largest absolute Gasteiger partial charge is 0.353 e. The van der Waals surface area contributed by atoms with Crippen LogP contribution in [0.4, 0.5) is 8.78 Å². The van der Waals surface area contributed by atoms with Gasteiger partial charge in [0.05, 0.1) is 6.54 Å². The van der Waals surface area contributed by atoms with Crippen LogP contribution >= 0.6 is 24.0 Å². The van der Waals surface area contributed by atoms with Crippen LogP contribution in [0.1, 0.15) is 37.7 Å². The van der Waals surface area contributed by atoms with E-state index in [1.165, 1.54) is 18.2 Å². The molecule has 0 spiro atoms. The predicted octanol–water partition coefficient (Wildman–Crippen LogP) is 2.30. The first kappa shape index (κ1) is 23.2. The average molecular weight is 533 g/mol. The highest BCUT2D eigenvalue weighted by molar-refractivity contribution is 14.0. The number of halogens is 3. The molecule has 1 amide bonds. The Kier molecular flexibility index (Phi) is 7.89. The van der Waals surface area contributed by atoms with Crippen LogP contribution in [0.15, 0.2) is 23.2 Å². The van der Waals surface area contributed by atoms with Crippen LogP contribution in [0, 0.1) is 11.6 Å². The van der Waals surface area contributed by atoms with E-state index in [0.29, 0.717) is 25.6 Å². The first-order valence-corrected chi connectivity index (χ1v) is 10.6. The lowest BCUT2D eigenvalue weighted by molar-refractivity contribution is -0.122. The van der Waals surface area contributed by atoms with Crippen LogP contribution in [0.25, 0.3) is 0 Å². The van der Waals surface area contributed by atoms with Crippen molar-refractivity contribution in [1.82, 2.24) is 20.4 Å². The third kappa shape index (κ3) is 5.81. The van der Waals surface area contributed by atoms with Crippen LogP contribution < -0.4 is 10.6 Å².